The summed E-state index contributed by atoms with van der Waals surface area (Å²) in [6, 6.07) is 7.17. The van der Waals surface area contributed by atoms with Crippen molar-refractivity contribution < 1.29 is 3.89 Å². The SMILES string of the molecule is CCCCc1ccc2c(c1)CN(CC(CC(C)CC)C(C)CCSF)CC2. The van der Waals surface area contributed by atoms with Gasteiger partial charge < -0.3 is 0 Å². The summed E-state index contributed by atoms with van der Waals surface area (Å²) in [6.45, 7) is 12.7. The molecule has 1 aliphatic heterocycles. The van der Waals surface area contributed by atoms with E-state index in [9.17, 15) is 3.89 Å². The summed E-state index contributed by atoms with van der Waals surface area (Å²) in [5, 5.41) is 0. The number of unbranched alkanes of at least 4 members (excludes halogenated alkanes) is 1. The molecule has 0 amide bonds. The first kappa shape index (κ1) is 22.7. The number of fused-ring (bicyclic) bond motifs is 1. The monoisotopic (exact) mass is 393 g/mol. The van der Waals surface area contributed by atoms with E-state index in [1.54, 1.807) is 11.1 Å². The molecule has 27 heavy (non-hydrogen) atoms. The van der Waals surface area contributed by atoms with Crippen LogP contribution < -0.4 is 0 Å². The summed E-state index contributed by atoms with van der Waals surface area (Å²) in [5.74, 6) is 2.67. The molecule has 3 atom stereocenters. The molecule has 1 aromatic rings. The average molecular weight is 394 g/mol. The Labute approximate surface area is 171 Å². The third kappa shape index (κ3) is 7.42. The van der Waals surface area contributed by atoms with Crippen LogP contribution in [0.1, 0.15) is 76.5 Å². The molecule has 154 valence electrons. The van der Waals surface area contributed by atoms with Crippen LogP contribution in [0.3, 0.4) is 0 Å². The zero-order chi connectivity index (χ0) is 19.6. The molecule has 3 heteroatoms. The Hall–Kier alpha value is -0.540. The van der Waals surface area contributed by atoms with Crippen molar-refractivity contribution in [3.63, 3.8) is 0 Å². The zero-order valence-corrected chi connectivity index (χ0v) is 18.8. The van der Waals surface area contributed by atoms with Crippen LogP contribution in [0.2, 0.25) is 0 Å². The third-order valence-electron chi connectivity index (χ3n) is 6.53. The lowest BCUT2D eigenvalue weighted by Gasteiger charge is -2.35. The molecule has 0 radical (unpaired) electrons. The molecule has 2 rings (SSSR count). The van der Waals surface area contributed by atoms with Crippen LogP contribution in [0.25, 0.3) is 0 Å². The molecule has 0 spiro atoms. The van der Waals surface area contributed by atoms with Gasteiger partial charge in [0.1, 0.15) is 0 Å². The van der Waals surface area contributed by atoms with Gasteiger partial charge in [-0.15, -0.1) is 0 Å². The van der Waals surface area contributed by atoms with Gasteiger partial charge in [-0.25, -0.2) is 0 Å². The highest BCUT2D eigenvalue weighted by Gasteiger charge is 2.24. The normalized spacial score (nSPS) is 18.1. The van der Waals surface area contributed by atoms with Crippen LogP contribution in [0.5, 0.6) is 0 Å². The Morgan fingerprint density at radius 3 is 2.70 bits per heavy atom. The lowest BCUT2D eigenvalue weighted by molar-refractivity contribution is 0.159. The number of aryl methyl sites for hydroxylation is 1. The van der Waals surface area contributed by atoms with Crippen molar-refractivity contribution >= 4 is 12.1 Å². The van der Waals surface area contributed by atoms with Crippen molar-refractivity contribution in [2.24, 2.45) is 17.8 Å². The lowest BCUT2D eigenvalue weighted by atomic mass is 9.83. The standard InChI is InChI=1S/C24H40FNS/c1-5-7-8-21-9-10-22-11-13-26(18-24(22)16-21)17-23(15-19(3)6-2)20(4)12-14-27-25/h9-10,16,19-20,23H,5-8,11-15,17-18H2,1-4H3. The highest BCUT2D eigenvalue weighted by Crippen LogP contribution is 2.29. The molecule has 0 N–H and O–H groups in total. The van der Waals surface area contributed by atoms with Gasteiger partial charge in [0.15, 0.2) is 0 Å². The maximum absolute atomic E-state index is 12.6. The molecule has 0 saturated heterocycles. The third-order valence-corrected chi connectivity index (χ3v) is 6.92. The molecule has 1 nitrogen and oxygen atoms in total. The van der Waals surface area contributed by atoms with Crippen molar-refractivity contribution in [1.82, 2.24) is 4.90 Å². The first-order valence-corrected chi connectivity index (χ1v) is 12.0. The fourth-order valence-corrected chi connectivity index (χ4v) is 4.79. The molecular weight excluding hydrogens is 353 g/mol. The molecule has 1 aliphatic rings. The van der Waals surface area contributed by atoms with Crippen molar-refractivity contribution in [1.29, 1.82) is 0 Å². The largest absolute Gasteiger partial charge is 0.298 e. The van der Waals surface area contributed by atoms with Gasteiger partial charge in [-0.1, -0.05) is 58.7 Å². The van der Waals surface area contributed by atoms with Gasteiger partial charge >= 0.3 is 0 Å². The van der Waals surface area contributed by atoms with Gasteiger partial charge in [0.05, 0.1) is 0 Å². The highest BCUT2D eigenvalue weighted by atomic mass is 32.2. The Kier molecular flexibility index (Phi) is 10.2. The van der Waals surface area contributed by atoms with Gasteiger partial charge in [0, 0.05) is 37.5 Å². The number of rotatable bonds is 12. The van der Waals surface area contributed by atoms with E-state index in [2.05, 4.69) is 50.8 Å². The van der Waals surface area contributed by atoms with E-state index in [-0.39, 0.29) is 0 Å². The fourth-order valence-electron chi connectivity index (χ4n) is 4.33. The summed E-state index contributed by atoms with van der Waals surface area (Å²) in [4.78, 5) is 2.66. The Morgan fingerprint density at radius 2 is 2.00 bits per heavy atom. The van der Waals surface area contributed by atoms with Crippen molar-refractivity contribution in [3.8, 4) is 0 Å². The quantitative estimate of drug-likeness (QED) is 0.373. The summed E-state index contributed by atoms with van der Waals surface area (Å²) < 4.78 is 12.6. The molecule has 0 bridgehead atoms. The minimum atomic E-state index is 0.503. The van der Waals surface area contributed by atoms with Crippen molar-refractivity contribution in [2.45, 2.75) is 79.2 Å². The Morgan fingerprint density at radius 1 is 1.19 bits per heavy atom. The number of benzene rings is 1. The van der Waals surface area contributed by atoms with Gasteiger partial charge in [0.2, 0.25) is 0 Å². The van der Waals surface area contributed by atoms with E-state index >= 15 is 0 Å². The maximum Gasteiger partial charge on any atom is 0.0443 e. The van der Waals surface area contributed by atoms with Crippen LogP contribution in [-0.4, -0.2) is 23.7 Å². The topological polar surface area (TPSA) is 3.24 Å². The lowest BCUT2D eigenvalue weighted by Crippen LogP contribution is -2.37. The average Bonchev–Trinajstić information content (AvgIpc) is 2.69. The van der Waals surface area contributed by atoms with Crippen LogP contribution in [-0.2, 0) is 19.4 Å². The second-order valence-electron chi connectivity index (χ2n) is 8.78. The summed E-state index contributed by atoms with van der Waals surface area (Å²) in [7, 11) is 0. The molecule has 0 aromatic heterocycles. The van der Waals surface area contributed by atoms with Crippen LogP contribution in [0.4, 0.5) is 3.89 Å². The van der Waals surface area contributed by atoms with Crippen molar-refractivity contribution in [2.75, 3.05) is 18.8 Å². The van der Waals surface area contributed by atoms with E-state index in [1.165, 1.54) is 57.2 Å². The number of halogens is 1. The van der Waals surface area contributed by atoms with Crippen LogP contribution in [0, 0.1) is 17.8 Å². The molecule has 3 unspecified atom stereocenters. The van der Waals surface area contributed by atoms with E-state index in [4.69, 9.17) is 0 Å². The van der Waals surface area contributed by atoms with Gasteiger partial charge in [-0.05, 0) is 66.5 Å². The molecule has 0 fully saturated rings. The van der Waals surface area contributed by atoms with E-state index in [1.807, 2.05) is 0 Å². The Bertz CT molecular complexity index is 547. The molecule has 1 heterocycles. The predicted molar refractivity (Wildman–Crippen MR) is 119 cm³/mol. The summed E-state index contributed by atoms with van der Waals surface area (Å²) in [5.41, 5.74) is 4.60. The fraction of sp³-hybridized carbons (Fsp3) is 0.750. The summed E-state index contributed by atoms with van der Waals surface area (Å²) >= 11 is 0.503. The first-order valence-electron chi connectivity index (χ1n) is 11.1. The van der Waals surface area contributed by atoms with E-state index in [0.29, 0.717) is 29.7 Å². The molecule has 0 aliphatic carbocycles. The Balaban J connectivity index is 2.01. The molecular formula is C24H40FNS. The van der Waals surface area contributed by atoms with E-state index in [0.717, 1.165) is 18.9 Å². The smallest absolute Gasteiger partial charge is 0.0443 e. The van der Waals surface area contributed by atoms with Gasteiger partial charge in [-0.3, -0.25) is 4.90 Å². The number of nitrogens with zero attached hydrogens (tertiary/aromatic N) is 1. The second-order valence-corrected chi connectivity index (χ2v) is 9.41. The minimum absolute atomic E-state index is 0.503. The van der Waals surface area contributed by atoms with Gasteiger partial charge in [0.25, 0.3) is 0 Å². The second kappa shape index (κ2) is 12.1. The maximum atomic E-state index is 12.6. The zero-order valence-electron chi connectivity index (χ0n) is 18.0. The first-order chi connectivity index (χ1) is 13.1. The number of hydrogen-bond acceptors (Lipinski definition) is 2. The van der Waals surface area contributed by atoms with Crippen LogP contribution >= 0.6 is 12.1 Å². The minimum Gasteiger partial charge on any atom is -0.298 e. The molecule has 0 saturated carbocycles. The highest BCUT2D eigenvalue weighted by molar-refractivity contribution is 7.94. The number of hydrogen-bond donors (Lipinski definition) is 0. The van der Waals surface area contributed by atoms with Crippen molar-refractivity contribution in [3.05, 3.63) is 34.9 Å². The molecule has 1 aromatic carbocycles. The summed E-state index contributed by atoms with van der Waals surface area (Å²) in [6.07, 6.45) is 8.43. The predicted octanol–water partition coefficient (Wildman–Crippen LogP) is 7.08. The van der Waals surface area contributed by atoms with E-state index < -0.39 is 0 Å². The van der Waals surface area contributed by atoms with Crippen LogP contribution in [0.15, 0.2) is 18.2 Å². The van der Waals surface area contributed by atoms with Gasteiger partial charge in [-0.2, -0.15) is 3.89 Å².